The number of amides is 1. The van der Waals surface area contributed by atoms with Gasteiger partial charge < -0.3 is 89.9 Å². The maximum Gasteiger partial charge on any atom is 0.220 e. The summed E-state index contributed by atoms with van der Waals surface area (Å²) in [6, 6.07) is -0.996. The molecule has 3 heterocycles. The van der Waals surface area contributed by atoms with Gasteiger partial charge >= 0.3 is 0 Å². The van der Waals surface area contributed by atoms with Crippen molar-refractivity contribution in [2.75, 3.05) is 26.4 Å². The van der Waals surface area contributed by atoms with E-state index in [-0.39, 0.29) is 18.9 Å². The van der Waals surface area contributed by atoms with Crippen molar-refractivity contribution in [2.24, 2.45) is 0 Å². The molecule has 17 atom stereocenters. The lowest BCUT2D eigenvalue weighted by atomic mass is 9.96. The quantitative estimate of drug-likeness (QED) is 0.0199. The maximum atomic E-state index is 13.5. The second-order valence-corrected chi connectivity index (χ2v) is 29.9. The lowest BCUT2D eigenvalue weighted by Gasteiger charge is -2.48. The van der Waals surface area contributed by atoms with Crippen molar-refractivity contribution in [3.63, 3.8) is 0 Å². The standard InChI is InChI=1S/C82H153NO18/c1-3-5-7-9-11-13-15-17-19-21-23-25-27-29-31-32-33-34-36-38-40-42-44-46-48-50-52-54-56-58-60-70(88)83-65(66(87)59-57-55-53-51-49-47-45-43-41-39-37-35-30-28-26-24-22-20-18-16-14-12-10-8-6-4-2)64-96-80-76(94)73(91)78(68(62-85)98-80)101-82-77(95)74(92)79(69(63-86)99-82)100-81-75(93)72(90)71(89)67(61-84)97-81/h41,43,49,51,57,59,65-69,71-82,84-87,89-95H,3-40,42,44-48,50,52-56,58,60-64H2,1-2H3,(H,83,88)/b43-41+,51-49+,59-57+. The highest BCUT2D eigenvalue weighted by Crippen LogP contribution is 2.33. The molecule has 0 aromatic rings. The summed E-state index contributed by atoms with van der Waals surface area (Å²) in [5, 5.41) is 121. The van der Waals surface area contributed by atoms with Gasteiger partial charge in [-0.15, -0.1) is 0 Å². The van der Waals surface area contributed by atoms with Gasteiger partial charge in [-0.05, 0) is 44.9 Å². The molecular weight excluding hydrogens is 1290 g/mol. The van der Waals surface area contributed by atoms with Crippen LogP contribution in [0.5, 0.6) is 0 Å². The number of carbonyl (C=O) groups is 1. The fraction of sp³-hybridized carbons (Fsp3) is 0.915. The number of aliphatic hydroxyl groups is 11. The first-order valence-electron chi connectivity index (χ1n) is 41.7. The third-order valence-corrected chi connectivity index (χ3v) is 20.9. The predicted octanol–water partition coefficient (Wildman–Crippen LogP) is 14.3. The summed E-state index contributed by atoms with van der Waals surface area (Å²) in [7, 11) is 0. The van der Waals surface area contributed by atoms with Crippen molar-refractivity contribution in [3.05, 3.63) is 36.5 Å². The molecule has 19 heteroatoms. The van der Waals surface area contributed by atoms with Gasteiger partial charge in [-0.2, -0.15) is 0 Å². The maximum absolute atomic E-state index is 13.5. The molecule has 19 nitrogen and oxygen atoms in total. The summed E-state index contributed by atoms with van der Waals surface area (Å²) in [4.78, 5) is 13.5. The van der Waals surface area contributed by atoms with Gasteiger partial charge in [-0.3, -0.25) is 4.79 Å². The number of hydrogen-bond acceptors (Lipinski definition) is 18. The molecule has 0 saturated carbocycles. The first-order valence-corrected chi connectivity index (χ1v) is 41.7. The zero-order valence-corrected chi connectivity index (χ0v) is 63.7. The van der Waals surface area contributed by atoms with Crippen LogP contribution in [0.25, 0.3) is 0 Å². The van der Waals surface area contributed by atoms with Gasteiger partial charge in [0.15, 0.2) is 18.9 Å². The molecule has 3 saturated heterocycles. The van der Waals surface area contributed by atoms with Crippen LogP contribution in [0.15, 0.2) is 36.5 Å². The number of nitrogens with one attached hydrogen (secondary N) is 1. The minimum absolute atomic E-state index is 0.236. The van der Waals surface area contributed by atoms with E-state index in [1.165, 1.54) is 270 Å². The highest BCUT2D eigenvalue weighted by Gasteiger charge is 2.54. The summed E-state index contributed by atoms with van der Waals surface area (Å²) in [6.45, 7) is 1.77. The average molecular weight is 1440 g/mol. The van der Waals surface area contributed by atoms with Crippen molar-refractivity contribution >= 4 is 5.91 Å². The third kappa shape index (κ3) is 43.0. The van der Waals surface area contributed by atoms with Crippen LogP contribution in [-0.4, -0.2) is 193 Å². The van der Waals surface area contributed by atoms with E-state index in [1.54, 1.807) is 6.08 Å². The molecule has 0 bridgehead atoms. The Morgan fingerprint density at radius 3 is 0.990 bits per heavy atom. The SMILES string of the molecule is CCCCCCCCCCCCCCCCCC/C=C/CC/C=C/CC/C=C/C(O)C(COC1OC(CO)C(OC2OC(CO)C(OC3OC(CO)C(O)C(O)C3O)C(O)C2O)C(O)C1O)NC(=O)CCCCCCCCCCCCCCCCCCCCCCCCCCCCCCCC. The first kappa shape index (κ1) is 93.2. The Morgan fingerprint density at radius 2 is 0.634 bits per heavy atom. The van der Waals surface area contributed by atoms with Crippen LogP contribution in [0.3, 0.4) is 0 Å². The highest BCUT2D eigenvalue weighted by atomic mass is 16.8. The fourth-order valence-electron chi connectivity index (χ4n) is 14.2. The molecule has 12 N–H and O–H groups in total. The van der Waals surface area contributed by atoms with Crippen molar-refractivity contribution < 1.29 is 89.4 Å². The Labute approximate surface area is 612 Å². The number of ether oxygens (including phenoxy) is 6. The molecule has 594 valence electrons. The fourth-order valence-corrected chi connectivity index (χ4v) is 14.2. The van der Waals surface area contributed by atoms with Gasteiger partial charge in [-0.25, -0.2) is 0 Å². The molecule has 0 spiro atoms. The van der Waals surface area contributed by atoms with Crippen LogP contribution in [-0.2, 0) is 33.2 Å². The van der Waals surface area contributed by atoms with Gasteiger partial charge in [0.05, 0.1) is 38.6 Å². The number of hydrogen-bond donors (Lipinski definition) is 12. The van der Waals surface area contributed by atoms with Crippen LogP contribution in [0.1, 0.15) is 348 Å². The molecular formula is C82H153NO18. The van der Waals surface area contributed by atoms with Crippen LogP contribution in [0, 0.1) is 0 Å². The second kappa shape index (κ2) is 63.0. The largest absolute Gasteiger partial charge is 0.394 e. The summed E-state index contributed by atoms with van der Waals surface area (Å²) in [5.41, 5.74) is 0. The van der Waals surface area contributed by atoms with E-state index in [9.17, 15) is 61.0 Å². The molecule has 0 aromatic heterocycles. The topological polar surface area (TPSA) is 307 Å². The molecule has 1 amide bonds. The van der Waals surface area contributed by atoms with Gasteiger partial charge in [0, 0.05) is 6.42 Å². The Bertz CT molecular complexity index is 1960. The van der Waals surface area contributed by atoms with Gasteiger partial charge in [0.25, 0.3) is 0 Å². The zero-order valence-electron chi connectivity index (χ0n) is 63.7. The number of unbranched alkanes of at least 4 members (excludes halogenated alkanes) is 47. The van der Waals surface area contributed by atoms with Crippen molar-refractivity contribution in [1.82, 2.24) is 5.32 Å². The summed E-state index contributed by atoms with van der Waals surface area (Å²) >= 11 is 0. The van der Waals surface area contributed by atoms with Crippen LogP contribution in [0.2, 0.25) is 0 Å². The Kier molecular flexibility index (Phi) is 58.1. The highest BCUT2D eigenvalue weighted by molar-refractivity contribution is 5.76. The van der Waals surface area contributed by atoms with E-state index < -0.39 is 124 Å². The number of aliphatic hydroxyl groups excluding tert-OH is 11. The van der Waals surface area contributed by atoms with E-state index in [1.807, 2.05) is 6.08 Å². The van der Waals surface area contributed by atoms with Crippen molar-refractivity contribution in [2.45, 2.75) is 452 Å². The normalized spacial score (nSPS) is 26.4. The zero-order chi connectivity index (χ0) is 73.2. The number of allylic oxidation sites excluding steroid dienone is 5. The Morgan fingerprint density at radius 1 is 0.347 bits per heavy atom. The molecule has 3 aliphatic rings. The first-order chi connectivity index (χ1) is 49.3. The molecule has 101 heavy (non-hydrogen) atoms. The van der Waals surface area contributed by atoms with E-state index in [4.69, 9.17) is 28.4 Å². The summed E-state index contributed by atoms with van der Waals surface area (Å²) < 4.78 is 34.4. The van der Waals surface area contributed by atoms with Gasteiger partial charge in [0.2, 0.25) is 5.91 Å². The molecule has 17 unspecified atom stereocenters. The average Bonchev–Trinajstić information content (AvgIpc) is 0.783. The minimum Gasteiger partial charge on any atom is -0.394 e. The lowest BCUT2D eigenvalue weighted by Crippen LogP contribution is -2.66. The third-order valence-electron chi connectivity index (χ3n) is 20.9. The summed E-state index contributed by atoms with van der Waals surface area (Å²) in [6.07, 6.45) is 51.5. The monoisotopic (exact) mass is 1440 g/mol. The molecule has 0 radical (unpaired) electrons. The molecule has 0 aromatic carbocycles. The summed E-state index contributed by atoms with van der Waals surface area (Å²) in [5.74, 6) is -0.282. The Balaban J connectivity index is 1.38. The van der Waals surface area contributed by atoms with E-state index in [0.717, 1.165) is 44.9 Å². The van der Waals surface area contributed by atoms with Crippen LogP contribution >= 0.6 is 0 Å². The van der Waals surface area contributed by atoms with E-state index in [0.29, 0.717) is 12.8 Å². The van der Waals surface area contributed by atoms with E-state index in [2.05, 4.69) is 43.5 Å². The molecule has 3 rings (SSSR count). The number of carbonyl (C=O) groups excluding carboxylic acids is 1. The second-order valence-electron chi connectivity index (χ2n) is 29.9. The molecule has 3 aliphatic heterocycles. The van der Waals surface area contributed by atoms with Gasteiger partial charge in [-0.1, -0.05) is 333 Å². The predicted molar refractivity (Wildman–Crippen MR) is 402 cm³/mol. The van der Waals surface area contributed by atoms with Crippen LogP contribution in [0.4, 0.5) is 0 Å². The molecule has 3 fully saturated rings. The minimum atomic E-state index is -1.98. The van der Waals surface area contributed by atoms with Crippen LogP contribution < -0.4 is 5.32 Å². The lowest BCUT2D eigenvalue weighted by molar-refractivity contribution is -0.379. The van der Waals surface area contributed by atoms with E-state index >= 15 is 0 Å². The molecule has 0 aliphatic carbocycles. The van der Waals surface area contributed by atoms with Crippen molar-refractivity contribution in [3.8, 4) is 0 Å². The number of rotatable bonds is 67. The smallest absolute Gasteiger partial charge is 0.220 e. The Hall–Kier alpha value is -1.99. The van der Waals surface area contributed by atoms with Crippen molar-refractivity contribution in [1.29, 1.82) is 0 Å². The van der Waals surface area contributed by atoms with Gasteiger partial charge in [0.1, 0.15) is 73.2 Å².